The summed E-state index contributed by atoms with van der Waals surface area (Å²) in [5.74, 6) is 0.544. The standard InChI is InChI=1S/C14H20ClN3O2/c1-3-16-12-5-4-10(15)13(17-12)14(20)18-7-6-11(19)9(2)8-18/h4-5,9,11,19H,3,6-8H2,1-2H3,(H,16,17). The Balaban J connectivity index is 2.18. The van der Waals surface area contributed by atoms with Crippen molar-refractivity contribution in [1.29, 1.82) is 0 Å². The predicted molar refractivity (Wildman–Crippen MR) is 79.1 cm³/mol. The number of aliphatic hydroxyl groups is 1. The number of aromatic nitrogens is 1. The van der Waals surface area contributed by atoms with Crippen LogP contribution in [0.15, 0.2) is 12.1 Å². The van der Waals surface area contributed by atoms with Gasteiger partial charge in [0.1, 0.15) is 11.5 Å². The summed E-state index contributed by atoms with van der Waals surface area (Å²) in [5.41, 5.74) is 0.272. The van der Waals surface area contributed by atoms with Gasteiger partial charge in [0, 0.05) is 19.6 Å². The second-order valence-corrected chi connectivity index (χ2v) is 5.55. The topological polar surface area (TPSA) is 65.5 Å². The van der Waals surface area contributed by atoms with E-state index in [4.69, 9.17) is 11.6 Å². The lowest BCUT2D eigenvalue weighted by atomic mass is 9.96. The molecule has 0 spiro atoms. The fourth-order valence-corrected chi connectivity index (χ4v) is 2.53. The lowest BCUT2D eigenvalue weighted by Crippen LogP contribution is -2.45. The Morgan fingerprint density at radius 2 is 2.35 bits per heavy atom. The number of aliphatic hydroxyl groups excluding tert-OH is 1. The molecule has 20 heavy (non-hydrogen) atoms. The Labute approximate surface area is 123 Å². The molecule has 0 aliphatic carbocycles. The summed E-state index contributed by atoms with van der Waals surface area (Å²) in [7, 11) is 0. The predicted octanol–water partition coefficient (Wildman–Crippen LogP) is 2.01. The number of carbonyl (C=O) groups excluding carboxylic acids is 1. The normalized spacial score (nSPS) is 22.7. The first-order valence-corrected chi connectivity index (χ1v) is 7.28. The van der Waals surface area contributed by atoms with Gasteiger partial charge < -0.3 is 15.3 Å². The number of hydrogen-bond donors (Lipinski definition) is 2. The zero-order valence-electron chi connectivity index (χ0n) is 11.8. The van der Waals surface area contributed by atoms with Crippen LogP contribution in [0.25, 0.3) is 0 Å². The molecule has 0 radical (unpaired) electrons. The van der Waals surface area contributed by atoms with Crippen LogP contribution in [0.1, 0.15) is 30.8 Å². The average Bonchev–Trinajstić information content (AvgIpc) is 2.43. The molecule has 2 atom stereocenters. The maximum atomic E-state index is 12.5. The molecule has 1 saturated heterocycles. The van der Waals surface area contributed by atoms with Gasteiger partial charge in [-0.15, -0.1) is 0 Å². The van der Waals surface area contributed by atoms with E-state index >= 15 is 0 Å². The lowest BCUT2D eigenvalue weighted by Gasteiger charge is -2.34. The minimum absolute atomic E-state index is 0.0726. The number of piperidine rings is 1. The van der Waals surface area contributed by atoms with Gasteiger partial charge in [0.05, 0.1) is 11.1 Å². The number of likely N-dealkylation sites (tertiary alicyclic amines) is 1. The summed E-state index contributed by atoms with van der Waals surface area (Å²) in [5, 5.41) is 13.2. The minimum Gasteiger partial charge on any atom is -0.393 e. The van der Waals surface area contributed by atoms with E-state index in [2.05, 4.69) is 10.3 Å². The van der Waals surface area contributed by atoms with E-state index < -0.39 is 0 Å². The first-order valence-electron chi connectivity index (χ1n) is 6.90. The van der Waals surface area contributed by atoms with E-state index in [9.17, 15) is 9.90 Å². The molecule has 0 aromatic carbocycles. The molecule has 2 unspecified atom stereocenters. The quantitative estimate of drug-likeness (QED) is 0.896. The van der Waals surface area contributed by atoms with Crippen LogP contribution in [0.4, 0.5) is 5.82 Å². The van der Waals surface area contributed by atoms with Crippen molar-refractivity contribution in [3.8, 4) is 0 Å². The molecule has 1 aromatic rings. The molecule has 1 fully saturated rings. The Hall–Kier alpha value is -1.33. The number of hydrogen-bond acceptors (Lipinski definition) is 4. The molecule has 0 saturated carbocycles. The molecule has 110 valence electrons. The number of nitrogens with one attached hydrogen (secondary N) is 1. The number of carbonyl (C=O) groups is 1. The Morgan fingerprint density at radius 3 is 3.00 bits per heavy atom. The van der Waals surface area contributed by atoms with Crippen molar-refractivity contribution in [3.63, 3.8) is 0 Å². The molecule has 2 N–H and O–H groups in total. The lowest BCUT2D eigenvalue weighted by molar-refractivity contribution is 0.0294. The van der Waals surface area contributed by atoms with Gasteiger partial charge in [-0.1, -0.05) is 18.5 Å². The van der Waals surface area contributed by atoms with Gasteiger partial charge in [-0.2, -0.15) is 0 Å². The van der Waals surface area contributed by atoms with Crippen LogP contribution >= 0.6 is 11.6 Å². The third-order valence-electron chi connectivity index (χ3n) is 3.55. The first-order chi connectivity index (χ1) is 9.52. The van der Waals surface area contributed by atoms with E-state index in [1.165, 1.54) is 0 Å². The molecule has 1 aliphatic heterocycles. The van der Waals surface area contributed by atoms with Crippen LogP contribution in [0.3, 0.4) is 0 Å². The second kappa shape index (κ2) is 6.41. The Kier molecular flexibility index (Phi) is 4.83. The summed E-state index contributed by atoms with van der Waals surface area (Å²) < 4.78 is 0. The molecule has 1 aromatic heterocycles. The van der Waals surface area contributed by atoms with Crippen LogP contribution < -0.4 is 5.32 Å². The molecule has 1 aliphatic rings. The molecule has 2 rings (SSSR count). The van der Waals surface area contributed by atoms with Gasteiger partial charge in [-0.25, -0.2) is 4.98 Å². The van der Waals surface area contributed by atoms with E-state index in [0.29, 0.717) is 30.4 Å². The average molecular weight is 298 g/mol. The zero-order valence-corrected chi connectivity index (χ0v) is 12.5. The highest BCUT2D eigenvalue weighted by molar-refractivity contribution is 6.33. The highest BCUT2D eigenvalue weighted by Gasteiger charge is 2.29. The largest absolute Gasteiger partial charge is 0.393 e. The van der Waals surface area contributed by atoms with Crippen molar-refractivity contribution in [1.82, 2.24) is 9.88 Å². The molecule has 1 amide bonds. The molecular weight excluding hydrogens is 278 g/mol. The monoisotopic (exact) mass is 297 g/mol. The second-order valence-electron chi connectivity index (χ2n) is 5.14. The number of pyridine rings is 1. The molecule has 2 heterocycles. The maximum absolute atomic E-state index is 12.5. The van der Waals surface area contributed by atoms with E-state index in [0.717, 1.165) is 6.54 Å². The van der Waals surface area contributed by atoms with Crippen LogP contribution in [0.5, 0.6) is 0 Å². The number of rotatable bonds is 3. The van der Waals surface area contributed by atoms with Gasteiger partial charge in [-0.05, 0) is 31.4 Å². The Bertz CT molecular complexity index is 495. The SMILES string of the molecule is CCNc1ccc(Cl)c(C(=O)N2CCC(O)C(C)C2)n1. The van der Waals surface area contributed by atoms with Crippen molar-refractivity contribution in [2.45, 2.75) is 26.4 Å². The van der Waals surface area contributed by atoms with Crippen LogP contribution in [-0.4, -0.2) is 46.6 Å². The van der Waals surface area contributed by atoms with Crippen LogP contribution in [-0.2, 0) is 0 Å². The fourth-order valence-electron chi connectivity index (χ4n) is 2.34. The maximum Gasteiger partial charge on any atom is 0.274 e. The van der Waals surface area contributed by atoms with Crippen molar-refractivity contribution >= 4 is 23.3 Å². The molecule has 5 nitrogen and oxygen atoms in total. The smallest absolute Gasteiger partial charge is 0.274 e. The Morgan fingerprint density at radius 1 is 1.60 bits per heavy atom. The number of nitrogens with zero attached hydrogens (tertiary/aromatic N) is 2. The van der Waals surface area contributed by atoms with Gasteiger partial charge in [-0.3, -0.25) is 4.79 Å². The van der Waals surface area contributed by atoms with Crippen LogP contribution in [0, 0.1) is 5.92 Å². The summed E-state index contributed by atoms with van der Waals surface area (Å²) in [6.07, 6.45) is 0.257. The van der Waals surface area contributed by atoms with Crippen molar-refractivity contribution in [2.24, 2.45) is 5.92 Å². The minimum atomic E-state index is -0.337. The summed E-state index contributed by atoms with van der Waals surface area (Å²) in [6.45, 7) is 5.70. The van der Waals surface area contributed by atoms with Crippen molar-refractivity contribution in [2.75, 3.05) is 25.0 Å². The summed E-state index contributed by atoms with van der Waals surface area (Å²) >= 11 is 6.09. The summed E-state index contributed by atoms with van der Waals surface area (Å²) in [6, 6.07) is 3.44. The fraction of sp³-hybridized carbons (Fsp3) is 0.571. The first kappa shape index (κ1) is 15.1. The van der Waals surface area contributed by atoms with Crippen molar-refractivity contribution < 1.29 is 9.90 Å². The van der Waals surface area contributed by atoms with Crippen molar-refractivity contribution in [3.05, 3.63) is 22.8 Å². The van der Waals surface area contributed by atoms with Crippen LogP contribution in [0.2, 0.25) is 5.02 Å². The number of anilines is 1. The van der Waals surface area contributed by atoms with Gasteiger partial charge in [0.2, 0.25) is 0 Å². The van der Waals surface area contributed by atoms with E-state index in [1.807, 2.05) is 13.8 Å². The number of halogens is 1. The highest BCUT2D eigenvalue weighted by atomic mass is 35.5. The third kappa shape index (κ3) is 3.22. The molecule has 6 heteroatoms. The molecular formula is C14H20ClN3O2. The number of amides is 1. The van der Waals surface area contributed by atoms with Gasteiger partial charge >= 0.3 is 0 Å². The van der Waals surface area contributed by atoms with Gasteiger partial charge in [0.15, 0.2) is 0 Å². The third-order valence-corrected chi connectivity index (χ3v) is 3.86. The van der Waals surface area contributed by atoms with Gasteiger partial charge in [0.25, 0.3) is 5.91 Å². The molecule has 0 bridgehead atoms. The zero-order chi connectivity index (χ0) is 14.7. The summed E-state index contributed by atoms with van der Waals surface area (Å²) in [4.78, 5) is 18.5. The highest BCUT2D eigenvalue weighted by Crippen LogP contribution is 2.22. The van der Waals surface area contributed by atoms with E-state index in [-0.39, 0.29) is 23.6 Å². The van der Waals surface area contributed by atoms with E-state index in [1.54, 1.807) is 17.0 Å².